The van der Waals surface area contributed by atoms with Crippen molar-refractivity contribution in [3.05, 3.63) is 72.0 Å². The summed E-state index contributed by atoms with van der Waals surface area (Å²) in [6.07, 6.45) is 1.24. The fraction of sp³-hybridized carbons (Fsp3) is 0.400. The molecule has 1 heterocycles. The molecule has 2 amide bonds. The molecule has 4 rings (SSSR count). The first-order chi connectivity index (χ1) is 19.2. The number of alkyl halides is 3. The Morgan fingerprint density at radius 3 is 2.33 bits per heavy atom. The van der Waals surface area contributed by atoms with Crippen LogP contribution in [0.4, 0.5) is 18.9 Å². The average molecular weight is 558 g/mol. The Hall–Kier alpha value is -3.95. The lowest BCUT2D eigenvalue weighted by atomic mass is 9.84. The zero-order valence-corrected chi connectivity index (χ0v) is 22.4. The van der Waals surface area contributed by atoms with Gasteiger partial charge in [-0.2, -0.15) is 0 Å². The molecule has 40 heavy (non-hydrogen) atoms. The molecule has 1 aliphatic rings. The monoisotopic (exact) mass is 557 g/mol. The number of hydrogen-bond donors (Lipinski definition) is 3. The van der Waals surface area contributed by atoms with Gasteiger partial charge in [-0.05, 0) is 55.7 Å². The molecule has 0 bridgehead atoms. The van der Waals surface area contributed by atoms with Crippen LogP contribution >= 0.6 is 0 Å². The minimum absolute atomic E-state index is 0.136. The predicted molar refractivity (Wildman–Crippen MR) is 146 cm³/mol. The van der Waals surface area contributed by atoms with Crippen molar-refractivity contribution in [3.8, 4) is 17.1 Å². The number of nitrogens with one attached hydrogen (secondary N) is 3. The van der Waals surface area contributed by atoms with E-state index in [1.807, 2.05) is 31.2 Å². The molecule has 3 aromatic rings. The molecule has 2 aromatic carbocycles. The molecule has 1 saturated carbocycles. The number of aryl methyl sites for hydroxylation is 1. The first-order valence-electron chi connectivity index (χ1n) is 13.5. The minimum Gasteiger partial charge on any atom is -0.451 e. The summed E-state index contributed by atoms with van der Waals surface area (Å²) in [5.74, 6) is 0.00277. The summed E-state index contributed by atoms with van der Waals surface area (Å²) in [5.41, 5.74) is 2.56. The van der Waals surface area contributed by atoms with E-state index in [2.05, 4.69) is 20.7 Å². The van der Waals surface area contributed by atoms with Crippen molar-refractivity contribution in [1.82, 2.24) is 10.6 Å². The van der Waals surface area contributed by atoms with E-state index >= 15 is 0 Å². The number of amides is 2. The molecular formula is C30H34F3N3O4. The van der Waals surface area contributed by atoms with Crippen LogP contribution < -0.4 is 20.7 Å². The average Bonchev–Trinajstić information content (AvgIpc) is 3.42. The van der Waals surface area contributed by atoms with Crippen LogP contribution in [0.3, 0.4) is 0 Å². The van der Waals surface area contributed by atoms with Crippen molar-refractivity contribution in [3.63, 3.8) is 0 Å². The fourth-order valence-corrected chi connectivity index (χ4v) is 4.84. The third-order valence-electron chi connectivity index (χ3n) is 6.92. The molecule has 0 spiro atoms. The Morgan fingerprint density at radius 2 is 1.65 bits per heavy atom. The van der Waals surface area contributed by atoms with Crippen molar-refractivity contribution in [2.45, 2.75) is 57.9 Å². The van der Waals surface area contributed by atoms with Gasteiger partial charge in [0.05, 0.1) is 0 Å². The summed E-state index contributed by atoms with van der Waals surface area (Å²) < 4.78 is 46.7. The highest BCUT2D eigenvalue weighted by molar-refractivity contribution is 5.96. The lowest BCUT2D eigenvalue weighted by Gasteiger charge is -2.26. The Balaban J connectivity index is 1.32. The Kier molecular flexibility index (Phi) is 9.74. The number of carbonyl (C=O) groups excluding carboxylic acids is 2. The summed E-state index contributed by atoms with van der Waals surface area (Å²) in [4.78, 5) is 26.2. The molecule has 10 heteroatoms. The van der Waals surface area contributed by atoms with Gasteiger partial charge in [0.25, 0.3) is 5.91 Å². The molecule has 0 unspecified atom stereocenters. The van der Waals surface area contributed by atoms with Crippen LogP contribution in [-0.2, 0) is 4.79 Å². The number of furan rings is 1. The smallest absolute Gasteiger partial charge is 0.451 e. The molecule has 1 atom stereocenters. The normalized spacial score (nSPS) is 14.8. The molecule has 1 aromatic heterocycles. The van der Waals surface area contributed by atoms with Gasteiger partial charge in [-0.1, -0.05) is 61.9 Å². The van der Waals surface area contributed by atoms with E-state index in [0.717, 1.165) is 36.8 Å². The van der Waals surface area contributed by atoms with Crippen molar-refractivity contribution in [1.29, 1.82) is 0 Å². The van der Waals surface area contributed by atoms with Crippen LogP contribution in [-0.4, -0.2) is 37.3 Å². The second-order valence-electron chi connectivity index (χ2n) is 10.1. The van der Waals surface area contributed by atoms with Crippen LogP contribution in [0.15, 0.2) is 65.1 Å². The lowest BCUT2D eigenvalue weighted by Crippen LogP contribution is -2.48. The van der Waals surface area contributed by atoms with E-state index in [0.29, 0.717) is 30.3 Å². The largest absolute Gasteiger partial charge is 0.573 e. The maximum absolute atomic E-state index is 13.1. The number of ether oxygens (including phenoxy) is 1. The summed E-state index contributed by atoms with van der Waals surface area (Å²) in [6, 6.07) is 15.8. The zero-order valence-electron chi connectivity index (χ0n) is 22.4. The molecule has 1 fully saturated rings. The van der Waals surface area contributed by atoms with Gasteiger partial charge in [0.15, 0.2) is 5.76 Å². The molecule has 7 nitrogen and oxygen atoms in total. The molecule has 0 aliphatic heterocycles. The van der Waals surface area contributed by atoms with Crippen molar-refractivity contribution >= 4 is 17.5 Å². The minimum atomic E-state index is -4.75. The predicted octanol–water partition coefficient (Wildman–Crippen LogP) is 6.45. The van der Waals surface area contributed by atoms with Gasteiger partial charge < -0.3 is 25.1 Å². The quantitative estimate of drug-likeness (QED) is 0.236. The highest BCUT2D eigenvalue weighted by Crippen LogP contribution is 2.28. The van der Waals surface area contributed by atoms with E-state index in [9.17, 15) is 22.8 Å². The van der Waals surface area contributed by atoms with E-state index in [-0.39, 0.29) is 24.0 Å². The summed E-state index contributed by atoms with van der Waals surface area (Å²) in [5, 5.41) is 8.77. The number of carbonyl (C=O) groups is 2. The standard InChI is InChI=1S/C30H34F3N3O4/c1-20-7-9-22(10-8-20)26-15-16-27(39-26)29(38)36-25(19-21-5-3-2-4-6-21)28(37)35-18-17-34-23-11-13-24(14-12-23)40-30(31,32)33/h7-16,21,25,34H,2-6,17-19H2,1H3,(H,35,37)(H,36,38)/t25-/m0/s1. The van der Waals surface area contributed by atoms with Gasteiger partial charge in [0, 0.05) is 24.3 Å². The number of halogens is 3. The van der Waals surface area contributed by atoms with Crippen LogP contribution in [0, 0.1) is 12.8 Å². The number of benzene rings is 2. The van der Waals surface area contributed by atoms with Crippen LogP contribution in [0.25, 0.3) is 11.3 Å². The third kappa shape index (κ3) is 8.79. The number of rotatable bonds is 11. The van der Waals surface area contributed by atoms with Gasteiger partial charge in [-0.3, -0.25) is 9.59 Å². The van der Waals surface area contributed by atoms with E-state index in [4.69, 9.17) is 4.42 Å². The van der Waals surface area contributed by atoms with Crippen LogP contribution in [0.5, 0.6) is 5.75 Å². The SMILES string of the molecule is Cc1ccc(-c2ccc(C(=O)N[C@@H](CC3CCCCC3)C(=O)NCCNc3ccc(OC(F)(F)F)cc3)o2)cc1. The lowest BCUT2D eigenvalue weighted by molar-refractivity contribution is -0.274. The van der Waals surface area contributed by atoms with Gasteiger partial charge in [-0.15, -0.1) is 13.2 Å². The van der Waals surface area contributed by atoms with Crippen molar-refractivity contribution in [2.24, 2.45) is 5.92 Å². The maximum atomic E-state index is 13.1. The number of anilines is 1. The summed E-state index contributed by atoms with van der Waals surface area (Å²) in [6.45, 7) is 2.59. The van der Waals surface area contributed by atoms with Crippen molar-refractivity contribution < 1.29 is 31.9 Å². The van der Waals surface area contributed by atoms with Gasteiger partial charge in [-0.25, -0.2) is 0 Å². The highest BCUT2D eigenvalue weighted by Gasteiger charge is 2.31. The highest BCUT2D eigenvalue weighted by atomic mass is 19.4. The Morgan fingerprint density at radius 1 is 0.950 bits per heavy atom. The van der Waals surface area contributed by atoms with Crippen LogP contribution in [0.1, 0.15) is 54.6 Å². The molecular weight excluding hydrogens is 523 g/mol. The number of hydrogen-bond acceptors (Lipinski definition) is 5. The Bertz CT molecular complexity index is 1250. The maximum Gasteiger partial charge on any atom is 0.573 e. The van der Waals surface area contributed by atoms with E-state index < -0.39 is 18.3 Å². The molecule has 3 N–H and O–H groups in total. The molecule has 0 radical (unpaired) electrons. The topological polar surface area (TPSA) is 92.6 Å². The first kappa shape index (κ1) is 29.0. The van der Waals surface area contributed by atoms with Crippen molar-refractivity contribution in [2.75, 3.05) is 18.4 Å². The molecule has 214 valence electrons. The van der Waals surface area contributed by atoms with E-state index in [1.165, 1.54) is 30.7 Å². The Labute approximate surface area is 231 Å². The van der Waals surface area contributed by atoms with Gasteiger partial charge in [0.1, 0.15) is 17.6 Å². The fourth-order valence-electron chi connectivity index (χ4n) is 4.84. The first-order valence-corrected chi connectivity index (χ1v) is 13.5. The van der Waals surface area contributed by atoms with Gasteiger partial charge in [0.2, 0.25) is 5.91 Å². The third-order valence-corrected chi connectivity index (χ3v) is 6.92. The van der Waals surface area contributed by atoms with Crippen LogP contribution in [0.2, 0.25) is 0 Å². The van der Waals surface area contributed by atoms with E-state index in [1.54, 1.807) is 12.1 Å². The second-order valence-corrected chi connectivity index (χ2v) is 10.1. The molecule has 0 saturated heterocycles. The van der Waals surface area contributed by atoms with Gasteiger partial charge >= 0.3 is 6.36 Å². The summed E-state index contributed by atoms with van der Waals surface area (Å²) >= 11 is 0. The summed E-state index contributed by atoms with van der Waals surface area (Å²) in [7, 11) is 0. The zero-order chi connectivity index (χ0) is 28.5. The molecule has 1 aliphatic carbocycles. The second kappa shape index (κ2) is 13.4.